The van der Waals surface area contributed by atoms with Crippen molar-refractivity contribution in [3.8, 4) is 0 Å². The van der Waals surface area contributed by atoms with Gasteiger partial charge in [0.05, 0.1) is 18.9 Å². The van der Waals surface area contributed by atoms with Crippen LogP contribution in [0, 0.1) is 13.8 Å². The summed E-state index contributed by atoms with van der Waals surface area (Å²) in [7, 11) is 0. The molecule has 0 saturated carbocycles. The van der Waals surface area contributed by atoms with Gasteiger partial charge in [0.25, 0.3) is 0 Å². The zero-order chi connectivity index (χ0) is 15.1. The van der Waals surface area contributed by atoms with Crippen LogP contribution < -0.4 is 5.32 Å². The van der Waals surface area contributed by atoms with Crippen LogP contribution >= 0.6 is 0 Å². The molecule has 1 aliphatic rings. The topological polar surface area (TPSA) is 42.3 Å². The fraction of sp³-hybridized carbons (Fsp3) is 0.812. The number of rotatable bonds is 8. The van der Waals surface area contributed by atoms with Crippen molar-refractivity contribution in [2.75, 3.05) is 45.9 Å². The number of nitrogens with one attached hydrogen (secondary N) is 1. The van der Waals surface area contributed by atoms with Gasteiger partial charge in [0.15, 0.2) is 0 Å². The SMILES string of the molecule is CCn1nc(C)c(CCNCCCN2CCOCC2)c1C. The molecule has 0 aliphatic carbocycles. The van der Waals surface area contributed by atoms with Gasteiger partial charge >= 0.3 is 0 Å². The van der Waals surface area contributed by atoms with Crippen molar-refractivity contribution in [2.24, 2.45) is 0 Å². The van der Waals surface area contributed by atoms with E-state index in [2.05, 4.69) is 40.8 Å². The molecule has 0 bridgehead atoms. The highest BCUT2D eigenvalue weighted by Gasteiger charge is 2.10. The van der Waals surface area contributed by atoms with E-state index >= 15 is 0 Å². The Kier molecular flexibility index (Phi) is 6.67. The second-order valence-electron chi connectivity index (χ2n) is 5.77. The highest BCUT2D eigenvalue weighted by molar-refractivity contribution is 5.24. The number of morpholine rings is 1. The van der Waals surface area contributed by atoms with Crippen molar-refractivity contribution in [3.63, 3.8) is 0 Å². The minimum atomic E-state index is 0.896. The Hall–Kier alpha value is -0.910. The Morgan fingerprint density at radius 1 is 1.19 bits per heavy atom. The highest BCUT2D eigenvalue weighted by Crippen LogP contribution is 2.13. The van der Waals surface area contributed by atoms with E-state index in [0.717, 1.165) is 52.4 Å². The normalized spacial score (nSPS) is 16.5. The Morgan fingerprint density at radius 2 is 1.95 bits per heavy atom. The zero-order valence-corrected chi connectivity index (χ0v) is 13.8. The lowest BCUT2D eigenvalue weighted by Crippen LogP contribution is -2.37. The third-order valence-corrected chi connectivity index (χ3v) is 4.31. The second kappa shape index (κ2) is 8.51. The first kappa shape index (κ1) is 16.5. The Bertz CT molecular complexity index is 424. The molecule has 1 aromatic heterocycles. The van der Waals surface area contributed by atoms with Gasteiger partial charge in [0.1, 0.15) is 0 Å². The van der Waals surface area contributed by atoms with Crippen molar-refractivity contribution >= 4 is 0 Å². The summed E-state index contributed by atoms with van der Waals surface area (Å²) < 4.78 is 7.46. The first-order valence-electron chi connectivity index (χ1n) is 8.26. The summed E-state index contributed by atoms with van der Waals surface area (Å²) in [5.41, 5.74) is 3.92. The van der Waals surface area contributed by atoms with Crippen LogP contribution in [0.2, 0.25) is 0 Å². The van der Waals surface area contributed by atoms with E-state index in [4.69, 9.17) is 4.74 Å². The summed E-state index contributed by atoms with van der Waals surface area (Å²) in [6, 6.07) is 0. The number of aryl methyl sites for hydroxylation is 2. The summed E-state index contributed by atoms with van der Waals surface area (Å²) in [6.45, 7) is 14.7. The van der Waals surface area contributed by atoms with Crippen molar-refractivity contribution in [3.05, 3.63) is 17.0 Å². The van der Waals surface area contributed by atoms with Gasteiger partial charge in [-0.2, -0.15) is 5.10 Å². The number of hydrogen-bond acceptors (Lipinski definition) is 4. The van der Waals surface area contributed by atoms with E-state index in [-0.39, 0.29) is 0 Å². The molecule has 1 N–H and O–H groups in total. The Labute approximate surface area is 128 Å². The molecule has 2 heterocycles. The number of nitrogens with zero attached hydrogens (tertiary/aromatic N) is 3. The molecule has 120 valence electrons. The van der Waals surface area contributed by atoms with Crippen LogP contribution in [0.1, 0.15) is 30.3 Å². The minimum absolute atomic E-state index is 0.896. The van der Waals surface area contributed by atoms with Gasteiger partial charge in [0, 0.05) is 25.3 Å². The van der Waals surface area contributed by atoms with Gasteiger partial charge in [-0.25, -0.2) is 0 Å². The summed E-state index contributed by atoms with van der Waals surface area (Å²) in [5, 5.41) is 8.14. The molecule has 1 saturated heterocycles. The summed E-state index contributed by atoms with van der Waals surface area (Å²) in [5.74, 6) is 0. The molecule has 21 heavy (non-hydrogen) atoms. The smallest absolute Gasteiger partial charge is 0.0628 e. The minimum Gasteiger partial charge on any atom is -0.379 e. The first-order chi connectivity index (χ1) is 10.2. The predicted octanol–water partition coefficient (Wildman–Crippen LogP) is 1.37. The van der Waals surface area contributed by atoms with E-state index in [9.17, 15) is 0 Å². The van der Waals surface area contributed by atoms with Crippen LogP contribution in [0.25, 0.3) is 0 Å². The zero-order valence-electron chi connectivity index (χ0n) is 13.8. The lowest BCUT2D eigenvalue weighted by Gasteiger charge is -2.26. The quantitative estimate of drug-likeness (QED) is 0.736. The summed E-state index contributed by atoms with van der Waals surface area (Å²) >= 11 is 0. The Morgan fingerprint density at radius 3 is 2.62 bits per heavy atom. The van der Waals surface area contributed by atoms with Crippen LogP contribution in [0.15, 0.2) is 0 Å². The van der Waals surface area contributed by atoms with Crippen LogP contribution in [0.5, 0.6) is 0 Å². The largest absolute Gasteiger partial charge is 0.379 e. The fourth-order valence-corrected chi connectivity index (χ4v) is 2.99. The maximum absolute atomic E-state index is 5.36. The van der Waals surface area contributed by atoms with Crippen LogP contribution in [-0.2, 0) is 17.7 Å². The first-order valence-corrected chi connectivity index (χ1v) is 8.26. The average molecular weight is 294 g/mol. The molecule has 0 amide bonds. The van der Waals surface area contributed by atoms with Crippen LogP contribution in [0.3, 0.4) is 0 Å². The molecular formula is C16H30N4O. The molecule has 0 aromatic carbocycles. The lowest BCUT2D eigenvalue weighted by molar-refractivity contribution is 0.0375. The number of ether oxygens (including phenoxy) is 1. The van der Waals surface area contributed by atoms with Crippen molar-refractivity contribution < 1.29 is 4.74 Å². The maximum atomic E-state index is 5.36. The van der Waals surface area contributed by atoms with E-state index in [0.29, 0.717) is 0 Å². The van der Waals surface area contributed by atoms with Gasteiger partial charge in [0.2, 0.25) is 0 Å². The molecule has 5 heteroatoms. The van der Waals surface area contributed by atoms with Gasteiger partial charge < -0.3 is 10.1 Å². The van der Waals surface area contributed by atoms with Gasteiger partial charge in [-0.05, 0) is 58.8 Å². The molecule has 1 aromatic rings. The standard InChI is InChI=1S/C16H30N4O/c1-4-20-15(3)16(14(2)18-20)6-8-17-7-5-9-19-10-12-21-13-11-19/h17H,4-13H2,1-3H3. The van der Waals surface area contributed by atoms with E-state index in [1.54, 1.807) is 0 Å². The molecule has 2 rings (SSSR count). The van der Waals surface area contributed by atoms with E-state index in [1.165, 1.54) is 29.9 Å². The fourth-order valence-electron chi connectivity index (χ4n) is 2.99. The van der Waals surface area contributed by atoms with Crippen LogP contribution in [-0.4, -0.2) is 60.6 Å². The van der Waals surface area contributed by atoms with Gasteiger partial charge in [-0.15, -0.1) is 0 Å². The third kappa shape index (κ3) is 4.80. The molecule has 0 atom stereocenters. The summed E-state index contributed by atoms with van der Waals surface area (Å²) in [4.78, 5) is 2.49. The second-order valence-corrected chi connectivity index (χ2v) is 5.77. The van der Waals surface area contributed by atoms with Crippen molar-refractivity contribution in [1.29, 1.82) is 0 Å². The molecular weight excluding hydrogens is 264 g/mol. The molecule has 1 aliphatic heterocycles. The van der Waals surface area contributed by atoms with Crippen molar-refractivity contribution in [1.82, 2.24) is 20.0 Å². The maximum Gasteiger partial charge on any atom is 0.0628 e. The van der Waals surface area contributed by atoms with Gasteiger partial charge in [-0.1, -0.05) is 0 Å². The monoisotopic (exact) mass is 294 g/mol. The molecule has 5 nitrogen and oxygen atoms in total. The lowest BCUT2D eigenvalue weighted by atomic mass is 10.1. The van der Waals surface area contributed by atoms with Crippen molar-refractivity contribution in [2.45, 2.75) is 40.2 Å². The summed E-state index contributed by atoms with van der Waals surface area (Å²) in [6.07, 6.45) is 2.29. The molecule has 0 spiro atoms. The van der Waals surface area contributed by atoms with Gasteiger partial charge in [-0.3, -0.25) is 9.58 Å². The average Bonchev–Trinajstić information content (AvgIpc) is 2.78. The van der Waals surface area contributed by atoms with E-state index in [1.807, 2.05) is 0 Å². The predicted molar refractivity (Wildman–Crippen MR) is 85.8 cm³/mol. The highest BCUT2D eigenvalue weighted by atomic mass is 16.5. The molecule has 0 unspecified atom stereocenters. The van der Waals surface area contributed by atoms with Crippen LogP contribution in [0.4, 0.5) is 0 Å². The molecule has 0 radical (unpaired) electrons. The number of aromatic nitrogens is 2. The Balaban J connectivity index is 1.60. The third-order valence-electron chi connectivity index (χ3n) is 4.31. The molecule has 1 fully saturated rings. The number of hydrogen-bond donors (Lipinski definition) is 1. The van der Waals surface area contributed by atoms with E-state index < -0.39 is 0 Å².